The molecule has 0 aliphatic rings. The monoisotopic (exact) mass is 367 g/mol. The smallest absolute Gasteiger partial charge is 0.344 e. The number of benzene rings is 2. The Labute approximate surface area is 149 Å². The molecule has 0 aliphatic heterocycles. The molecule has 5 nitrogen and oxygen atoms in total. The number of rotatable bonds is 6. The SMILES string of the molecule is C[C@@H](OC(=O)COc1ccc(Cl)cc1)C(=O)Nc1cccc(Cl)c1. The second-order valence-electron chi connectivity index (χ2n) is 4.87. The van der Waals surface area contributed by atoms with Crippen molar-refractivity contribution in [2.45, 2.75) is 13.0 Å². The van der Waals surface area contributed by atoms with E-state index in [2.05, 4.69) is 5.32 Å². The molecule has 126 valence electrons. The molecule has 0 heterocycles. The zero-order valence-electron chi connectivity index (χ0n) is 12.8. The molecule has 0 saturated heterocycles. The first kappa shape index (κ1) is 18.1. The van der Waals surface area contributed by atoms with Gasteiger partial charge in [0.1, 0.15) is 5.75 Å². The maximum absolute atomic E-state index is 12.0. The van der Waals surface area contributed by atoms with Gasteiger partial charge in [-0.25, -0.2) is 4.79 Å². The van der Waals surface area contributed by atoms with Gasteiger partial charge in [-0.15, -0.1) is 0 Å². The molecule has 0 radical (unpaired) electrons. The third-order valence-corrected chi connectivity index (χ3v) is 3.43. The fraction of sp³-hybridized carbons (Fsp3) is 0.176. The fourth-order valence-corrected chi connectivity index (χ4v) is 2.08. The molecule has 0 saturated carbocycles. The topological polar surface area (TPSA) is 64.6 Å². The number of halogens is 2. The molecule has 1 atom stereocenters. The molecular weight excluding hydrogens is 353 g/mol. The van der Waals surface area contributed by atoms with Crippen LogP contribution in [0.4, 0.5) is 5.69 Å². The minimum atomic E-state index is -0.967. The van der Waals surface area contributed by atoms with Crippen LogP contribution in [0.25, 0.3) is 0 Å². The highest BCUT2D eigenvalue weighted by molar-refractivity contribution is 6.31. The summed E-state index contributed by atoms with van der Waals surface area (Å²) in [4.78, 5) is 23.7. The van der Waals surface area contributed by atoms with Gasteiger partial charge < -0.3 is 14.8 Å². The standard InChI is InChI=1S/C17H15Cl2NO4/c1-11(17(22)20-14-4-2-3-13(19)9-14)24-16(21)10-23-15-7-5-12(18)6-8-15/h2-9,11H,10H2,1H3,(H,20,22)/t11-/m1/s1. The summed E-state index contributed by atoms with van der Waals surface area (Å²) in [7, 11) is 0. The predicted molar refractivity (Wildman–Crippen MR) is 92.6 cm³/mol. The van der Waals surface area contributed by atoms with Gasteiger partial charge in [0.25, 0.3) is 5.91 Å². The van der Waals surface area contributed by atoms with Crippen LogP contribution >= 0.6 is 23.2 Å². The average molecular weight is 368 g/mol. The van der Waals surface area contributed by atoms with Gasteiger partial charge in [0.05, 0.1) is 0 Å². The van der Waals surface area contributed by atoms with Crippen molar-refractivity contribution in [2.24, 2.45) is 0 Å². The van der Waals surface area contributed by atoms with Crippen LogP contribution in [0, 0.1) is 0 Å². The Morgan fingerprint density at radius 3 is 2.46 bits per heavy atom. The van der Waals surface area contributed by atoms with Gasteiger partial charge >= 0.3 is 5.97 Å². The van der Waals surface area contributed by atoms with E-state index >= 15 is 0 Å². The Morgan fingerprint density at radius 1 is 1.08 bits per heavy atom. The highest BCUT2D eigenvalue weighted by Gasteiger charge is 2.18. The van der Waals surface area contributed by atoms with Gasteiger partial charge in [-0.3, -0.25) is 4.79 Å². The Morgan fingerprint density at radius 2 is 1.79 bits per heavy atom. The van der Waals surface area contributed by atoms with E-state index in [1.807, 2.05) is 0 Å². The van der Waals surface area contributed by atoms with Crippen LogP contribution in [0.3, 0.4) is 0 Å². The van der Waals surface area contributed by atoms with Crippen LogP contribution in [-0.2, 0) is 14.3 Å². The van der Waals surface area contributed by atoms with Crippen molar-refractivity contribution in [3.05, 3.63) is 58.6 Å². The first-order chi connectivity index (χ1) is 11.4. The van der Waals surface area contributed by atoms with Crippen molar-refractivity contribution in [3.8, 4) is 5.75 Å². The molecule has 2 rings (SSSR count). The van der Waals surface area contributed by atoms with Crippen molar-refractivity contribution < 1.29 is 19.1 Å². The molecule has 0 unspecified atom stereocenters. The number of nitrogens with one attached hydrogen (secondary N) is 1. The first-order valence-electron chi connectivity index (χ1n) is 7.08. The van der Waals surface area contributed by atoms with Crippen molar-refractivity contribution in [2.75, 3.05) is 11.9 Å². The second-order valence-corrected chi connectivity index (χ2v) is 5.75. The number of carbonyl (C=O) groups excluding carboxylic acids is 2. The van der Waals surface area contributed by atoms with Crippen LogP contribution in [0.5, 0.6) is 5.75 Å². The number of anilines is 1. The largest absolute Gasteiger partial charge is 0.482 e. The Balaban J connectivity index is 1.80. The first-order valence-corrected chi connectivity index (χ1v) is 7.84. The number of hydrogen-bond donors (Lipinski definition) is 1. The summed E-state index contributed by atoms with van der Waals surface area (Å²) in [6, 6.07) is 13.2. The van der Waals surface area contributed by atoms with E-state index in [0.717, 1.165) is 0 Å². The van der Waals surface area contributed by atoms with Crippen molar-refractivity contribution >= 4 is 40.8 Å². The predicted octanol–water partition coefficient (Wildman–Crippen LogP) is 3.94. The van der Waals surface area contributed by atoms with E-state index in [-0.39, 0.29) is 6.61 Å². The maximum Gasteiger partial charge on any atom is 0.344 e. The molecule has 7 heteroatoms. The van der Waals surface area contributed by atoms with E-state index in [9.17, 15) is 9.59 Å². The Kier molecular flexibility index (Phi) is 6.46. The summed E-state index contributed by atoms with van der Waals surface area (Å²) in [5.74, 6) is -0.636. The lowest BCUT2D eigenvalue weighted by molar-refractivity contribution is -0.155. The summed E-state index contributed by atoms with van der Waals surface area (Å²) in [6.45, 7) is 1.16. The summed E-state index contributed by atoms with van der Waals surface area (Å²) in [5, 5.41) is 3.67. The third-order valence-electron chi connectivity index (χ3n) is 2.94. The van der Waals surface area contributed by atoms with Crippen LogP contribution < -0.4 is 10.1 Å². The van der Waals surface area contributed by atoms with E-state index in [1.165, 1.54) is 6.92 Å². The molecule has 2 aromatic rings. The van der Waals surface area contributed by atoms with Crippen LogP contribution in [0.1, 0.15) is 6.92 Å². The second kappa shape index (κ2) is 8.57. The summed E-state index contributed by atoms with van der Waals surface area (Å²) >= 11 is 11.6. The summed E-state index contributed by atoms with van der Waals surface area (Å²) in [6.07, 6.45) is -0.967. The molecule has 0 spiro atoms. The Hall–Kier alpha value is -2.24. The fourth-order valence-electron chi connectivity index (χ4n) is 1.77. The minimum Gasteiger partial charge on any atom is -0.482 e. The molecule has 0 fully saturated rings. The van der Waals surface area contributed by atoms with Crippen LogP contribution in [-0.4, -0.2) is 24.6 Å². The van der Waals surface area contributed by atoms with Crippen LogP contribution in [0.2, 0.25) is 10.0 Å². The summed E-state index contributed by atoms with van der Waals surface area (Å²) in [5.41, 5.74) is 0.521. The average Bonchev–Trinajstić information content (AvgIpc) is 2.54. The van der Waals surface area contributed by atoms with Crippen molar-refractivity contribution in [3.63, 3.8) is 0 Å². The molecule has 0 aliphatic carbocycles. The zero-order valence-corrected chi connectivity index (χ0v) is 14.3. The number of esters is 1. The molecule has 0 bridgehead atoms. The normalized spacial score (nSPS) is 11.5. The number of hydrogen-bond acceptors (Lipinski definition) is 4. The lowest BCUT2D eigenvalue weighted by Crippen LogP contribution is -2.31. The van der Waals surface area contributed by atoms with E-state index in [4.69, 9.17) is 32.7 Å². The van der Waals surface area contributed by atoms with Crippen molar-refractivity contribution in [1.29, 1.82) is 0 Å². The molecule has 0 aromatic heterocycles. The van der Waals surface area contributed by atoms with Gasteiger partial charge in [0, 0.05) is 15.7 Å². The van der Waals surface area contributed by atoms with Gasteiger partial charge in [0.15, 0.2) is 12.7 Å². The molecule has 24 heavy (non-hydrogen) atoms. The third kappa shape index (κ3) is 5.76. The van der Waals surface area contributed by atoms with Gasteiger partial charge in [-0.1, -0.05) is 29.3 Å². The molecule has 1 amide bonds. The minimum absolute atomic E-state index is 0.309. The quantitative estimate of drug-likeness (QED) is 0.785. The maximum atomic E-state index is 12.0. The van der Waals surface area contributed by atoms with E-state index in [0.29, 0.717) is 21.5 Å². The lowest BCUT2D eigenvalue weighted by atomic mass is 10.3. The van der Waals surface area contributed by atoms with E-state index in [1.54, 1.807) is 48.5 Å². The zero-order chi connectivity index (χ0) is 17.5. The molecule has 1 N–H and O–H groups in total. The van der Waals surface area contributed by atoms with Gasteiger partial charge in [-0.2, -0.15) is 0 Å². The Bertz CT molecular complexity index is 719. The number of carbonyl (C=O) groups is 2. The van der Waals surface area contributed by atoms with Gasteiger partial charge in [0.2, 0.25) is 0 Å². The highest BCUT2D eigenvalue weighted by atomic mass is 35.5. The molecular formula is C17H15Cl2NO4. The van der Waals surface area contributed by atoms with E-state index < -0.39 is 18.0 Å². The van der Waals surface area contributed by atoms with Crippen LogP contribution in [0.15, 0.2) is 48.5 Å². The van der Waals surface area contributed by atoms with Gasteiger partial charge in [-0.05, 0) is 49.4 Å². The lowest BCUT2D eigenvalue weighted by Gasteiger charge is -2.14. The molecule has 2 aromatic carbocycles. The number of amides is 1. The van der Waals surface area contributed by atoms with Crippen molar-refractivity contribution in [1.82, 2.24) is 0 Å². The highest BCUT2D eigenvalue weighted by Crippen LogP contribution is 2.16. The number of ether oxygens (including phenoxy) is 2. The summed E-state index contributed by atoms with van der Waals surface area (Å²) < 4.78 is 10.3.